The van der Waals surface area contributed by atoms with Gasteiger partial charge in [-0.25, -0.2) is 9.59 Å². The molecule has 134 valence electrons. The topological polar surface area (TPSA) is 124 Å². The summed E-state index contributed by atoms with van der Waals surface area (Å²) in [6.07, 6.45) is 0. The number of hydrogen-bond acceptors (Lipinski definition) is 8. The van der Waals surface area contributed by atoms with Crippen LogP contribution < -0.4 is 0 Å². The number of rotatable bonds is 5. The van der Waals surface area contributed by atoms with Gasteiger partial charge in [-0.2, -0.15) is 10.0 Å². The molecule has 4 amide bonds. The van der Waals surface area contributed by atoms with Crippen LogP contribution in [0.3, 0.4) is 0 Å². The van der Waals surface area contributed by atoms with Gasteiger partial charge in [-0.05, 0) is 0 Å². The zero-order valence-electron chi connectivity index (χ0n) is 13.2. The van der Waals surface area contributed by atoms with Crippen LogP contribution in [-0.2, 0) is 9.47 Å². The summed E-state index contributed by atoms with van der Waals surface area (Å²) in [5.41, 5.74) is 0. The standard InChI is InChI=1S/C12H20N6O6/c19-11(15-3-7-23-8-4-15)17(13-21)1-2-18(14-22)12(20)16-5-9-24-10-6-16/h1-10H2. The Labute approximate surface area is 138 Å². The highest BCUT2D eigenvalue weighted by Crippen LogP contribution is 2.07. The van der Waals surface area contributed by atoms with E-state index in [0.29, 0.717) is 62.6 Å². The minimum atomic E-state index is -0.585. The molecular weight excluding hydrogens is 324 g/mol. The van der Waals surface area contributed by atoms with Crippen molar-refractivity contribution in [1.82, 2.24) is 19.8 Å². The van der Waals surface area contributed by atoms with E-state index in [2.05, 4.69) is 10.6 Å². The monoisotopic (exact) mass is 344 g/mol. The molecule has 0 bridgehead atoms. The maximum atomic E-state index is 12.2. The quantitative estimate of drug-likeness (QED) is 0.505. The van der Waals surface area contributed by atoms with Crippen molar-refractivity contribution < 1.29 is 19.1 Å². The molecule has 0 spiro atoms. The summed E-state index contributed by atoms with van der Waals surface area (Å²) in [4.78, 5) is 49.0. The van der Waals surface area contributed by atoms with E-state index in [-0.39, 0.29) is 13.1 Å². The molecule has 0 aromatic heterocycles. The van der Waals surface area contributed by atoms with Crippen LogP contribution in [-0.4, -0.2) is 97.6 Å². The number of nitroso groups, excluding NO2 is 2. The first kappa shape index (κ1) is 18.0. The number of urea groups is 2. The zero-order valence-corrected chi connectivity index (χ0v) is 13.2. The van der Waals surface area contributed by atoms with Crippen molar-refractivity contribution in [2.45, 2.75) is 0 Å². The van der Waals surface area contributed by atoms with Crippen LogP contribution in [0.5, 0.6) is 0 Å². The van der Waals surface area contributed by atoms with Gasteiger partial charge >= 0.3 is 12.1 Å². The summed E-state index contributed by atoms with van der Waals surface area (Å²) < 4.78 is 10.3. The lowest BCUT2D eigenvalue weighted by Gasteiger charge is -2.31. The van der Waals surface area contributed by atoms with E-state index in [9.17, 15) is 19.4 Å². The molecule has 2 aliphatic heterocycles. The Hall–Kier alpha value is -2.34. The lowest BCUT2D eigenvalue weighted by molar-refractivity contribution is 0.0385. The maximum Gasteiger partial charge on any atom is 0.343 e. The molecule has 0 radical (unpaired) electrons. The molecule has 0 aromatic carbocycles. The van der Waals surface area contributed by atoms with Gasteiger partial charge in [0.1, 0.15) is 0 Å². The van der Waals surface area contributed by atoms with Crippen LogP contribution >= 0.6 is 0 Å². The molecule has 0 atom stereocenters. The Kier molecular flexibility index (Phi) is 6.81. The highest BCUT2D eigenvalue weighted by molar-refractivity contribution is 5.75. The third kappa shape index (κ3) is 4.58. The number of nitrogens with zero attached hydrogens (tertiary/aromatic N) is 6. The van der Waals surface area contributed by atoms with Crippen LogP contribution in [0.1, 0.15) is 0 Å². The van der Waals surface area contributed by atoms with E-state index in [4.69, 9.17) is 9.47 Å². The average molecular weight is 344 g/mol. The van der Waals surface area contributed by atoms with Crippen molar-refractivity contribution in [3.05, 3.63) is 9.81 Å². The molecule has 0 aliphatic carbocycles. The lowest BCUT2D eigenvalue weighted by Crippen LogP contribution is -2.50. The Morgan fingerprint density at radius 1 is 0.750 bits per heavy atom. The third-order valence-electron chi connectivity index (χ3n) is 3.73. The SMILES string of the molecule is O=NN(CCN(N=O)C(=O)N1CCOCC1)C(=O)N1CCOCC1. The van der Waals surface area contributed by atoms with Crippen molar-refractivity contribution >= 4 is 12.1 Å². The number of amides is 4. The van der Waals surface area contributed by atoms with Gasteiger partial charge in [-0.3, -0.25) is 0 Å². The van der Waals surface area contributed by atoms with Crippen LogP contribution in [0.15, 0.2) is 10.6 Å². The second-order valence-electron chi connectivity index (χ2n) is 5.17. The second kappa shape index (κ2) is 9.08. The fourth-order valence-electron chi connectivity index (χ4n) is 2.37. The third-order valence-corrected chi connectivity index (χ3v) is 3.73. The number of morpholine rings is 2. The van der Waals surface area contributed by atoms with Crippen LogP contribution in [0.25, 0.3) is 0 Å². The molecule has 2 fully saturated rings. The van der Waals surface area contributed by atoms with E-state index in [1.807, 2.05) is 0 Å². The highest BCUT2D eigenvalue weighted by atomic mass is 16.5. The van der Waals surface area contributed by atoms with Gasteiger partial charge in [0, 0.05) is 26.2 Å². The summed E-state index contributed by atoms with van der Waals surface area (Å²) in [5.74, 6) is 0. The maximum absolute atomic E-state index is 12.2. The van der Waals surface area contributed by atoms with Crippen molar-refractivity contribution in [3.8, 4) is 0 Å². The predicted molar refractivity (Wildman–Crippen MR) is 80.6 cm³/mol. The molecule has 24 heavy (non-hydrogen) atoms. The van der Waals surface area contributed by atoms with E-state index in [0.717, 1.165) is 0 Å². The molecule has 2 aliphatic rings. The van der Waals surface area contributed by atoms with Crippen LogP contribution in [0.4, 0.5) is 9.59 Å². The molecule has 0 aromatic rings. The molecule has 0 N–H and O–H groups in total. The van der Waals surface area contributed by atoms with Gasteiger partial charge in [0.05, 0.1) is 50.1 Å². The summed E-state index contributed by atoms with van der Waals surface area (Å²) in [5, 5.41) is 6.71. The molecule has 0 saturated carbocycles. The van der Waals surface area contributed by atoms with Crippen LogP contribution in [0.2, 0.25) is 0 Å². The summed E-state index contributed by atoms with van der Waals surface area (Å²) in [7, 11) is 0. The molecule has 2 rings (SSSR count). The van der Waals surface area contributed by atoms with Crippen LogP contribution in [0, 0.1) is 9.81 Å². The fraction of sp³-hybridized carbons (Fsp3) is 0.833. The predicted octanol–water partition coefficient (Wildman–Crippen LogP) is -0.142. The Balaban J connectivity index is 1.87. The Morgan fingerprint density at radius 3 is 1.38 bits per heavy atom. The van der Waals surface area contributed by atoms with Gasteiger partial charge in [-0.15, -0.1) is 9.81 Å². The van der Waals surface area contributed by atoms with Crippen molar-refractivity contribution in [1.29, 1.82) is 0 Å². The smallest absolute Gasteiger partial charge is 0.343 e. The Morgan fingerprint density at radius 2 is 1.08 bits per heavy atom. The van der Waals surface area contributed by atoms with E-state index >= 15 is 0 Å². The number of ether oxygens (including phenoxy) is 2. The normalized spacial score (nSPS) is 18.0. The zero-order chi connectivity index (χ0) is 17.4. The molecule has 2 heterocycles. The second-order valence-corrected chi connectivity index (χ2v) is 5.17. The molecular formula is C12H20N6O6. The molecule has 2 saturated heterocycles. The van der Waals surface area contributed by atoms with Gasteiger partial charge in [0.15, 0.2) is 0 Å². The molecule has 12 nitrogen and oxygen atoms in total. The molecule has 0 unspecified atom stereocenters. The first-order valence-electron chi connectivity index (χ1n) is 7.62. The Bertz CT molecular complexity index is 423. The van der Waals surface area contributed by atoms with Crippen molar-refractivity contribution in [3.63, 3.8) is 0 Å². The van der Waals surface area contributed by atoms with Crippen molar-refractivity contribution in [2.75, 3.05) is 65.7 Å². The van der Waals surface area contributed by atoms with E-state index in [1.165, 1.54) is 9.80 Å². The summed E-state index contributed by atoms with van der Waals surface area (Å²) in [6, 6.07) is -1.17. The average Bonchev–Trinajstić information content (AvgIpc) is 2.66. The summed E-state index contributed by atoms with van der Waals surface area (Å²) >= 11 is 0. The fourth-order valence-corrected chi connectivity index (χ4v) is 2.37. The minimum absolute atomic E-state index is 0.221. The largest absolute Gasteiger partial charge is 0.378 e. The molecule has 12 heteroatoms. The first-order valence-corrected chi connectivity index (χ1v) is 7.62. The van der Waals surface area contributed by atoms with Crippen molar-refractivity contribution in [2.24, 2.45) is 10.6 Å². The number of hydrogen-bond donors (Lipinski definition) is 0. The highest BCUT2D eigenvalue weighted by Gasteiger charge is 2.27. The van der Waals surface area contributed by atoms with E-state index < -0.39 is 12.1 Å². The van der Waals surface area contributed by atoms with Gasteiger partial charge < -0.3 is 19.3 Å². The van der Waals surface area contributed by atoms with E-state index in [1.54, 1.807) is 0 Å². The first-order chi connectivity index (χ1) is 11.7. The van der Waals surface area contributed by atoms with Gasteiger partial charge in [0.25, 0.3) is 0 Å². The van der Waals surface area contributed by atoms with Gasteiger partial charge in [0.2, 0.25) is 0 Å². The van der Waals surface area contributed by atoms with Gasteiger partial charge in [-0.1, -0.05) is 0 Å². The number of carbonyl (C=O) groups is 2. The minimum Gasteiger partial charge on any atom is -0.378 e. The number of carbonyl (C=O) groups excluding carboxylic acids is 2. The lowest BCUT2D eigenvalue weighted by atomic mass is 10.4. The summed E-state index contributed by atoms with van der Waals surface area (Å²) in [6.45, 7) is 2.52.